The van der Waals surface area contributed by atoms with Gasteiger partial charge in [-0.2, -0.15) is 0 Å². The maximum absolute atomic E-state index is 12.8. The van der Waals surface area contributed by atoms with Crippen LogP contribution < -0.4 is 5.32 Å². The molecule has 5 atom stereocenters. The number of para-hydroxylation sites is 1. The first kappa shape index (κ1) is 16.4. The summed E-state index contributed by atoms with van der Waals surface area (Å²) in [5, 5.41) is 3.70. The Morgan fingerprint density at radius 1 is 1.11 bits per heavy atom. The number of carbonyl (C=O) groups is 3. The van der Waals surface area contributed by atoms with Crippen molar-refractivity contribution in [2.24, 2.45) is 11.8 Å². The minimum Gasteiger partial charge on any atom is -0.373 e. The van der Waals surface area contributed by atoms with Gasteiger partial charge in [-0.15, -0.1) is 0 Å². The number of anilines is 1. The van der Waals surface area contributed by atoms with Crippen molar-refractivity contribution in [3.05, 3.63) is 36.4 Å². The van der Waals surface area contributed by atoms with Crippen molar-refractivity contribution in [1.29, 1.82) is 0 Å². The maximum atomic E-state index is 12.8. The average Bonchev–Trinajstić information content (AvgIpc) is 3.35. The average molecular weight is 365 g/mol. The quantitative estimate of drug-likeness (QED) is 0.837. The molecule has 1 aromatic heterocycles. The van der Waals surface area contributed by atoms with Crippen LogP contribution in [0.1, 0.15) is 19.8 Å². The van der Waals surface area contributed by atoms with Crippen LogP contribution in [-0.4, -0.2) is 45.9 Å². The summed E-state index contributed by atoms with van der Waals surface area (Å²) in [5.74, 6) is -1.45. The molecular formula is C20H19N3O4. The summed E-state index contributed by atoms with van der Waals surface area (Å²) in [7, 11) is 0. The van der Waals surface area contributed by atoms with Crippen LogP contribution in [0.25, 0.3) is 10.9 Å². The molecule has 138 valence electrons. The zero-order valence-corrected chi connectivity index (χ0v) is 14.8. The highest BCUT2D eigenvalue weighted by Gasteiger charge is 2.63. The molecule has 0 spiro atoms. The lowest BCUT2D eigenvalue weighted by molar-refractivity contribution is -0.148. The number of nitrogens with zero attached hydrogens (tertiary/aromatic N) is 2. The van der Waals surface area contributed by atoms with E-state index >= 15 is 0 Å². The number of ether oxygens (including phenoxy) is 1. The van der Waals surface area contributed by atoms with Gasteiger partial charge in [-0.25, -0.2) is 4.98 Å². The lowest BCUT2D eigenvalue weighted by Crippen LogP contribution is -2.47. The number of amides is 3. The summed E-state index contributed by atoms with van der Waals surface area (Å²) in [4.78, 5) is 43.8. The first-order chi connectivity index (χ1) is 13.0. The van der Waals surface area contributed by atoms with Crippen molar-refractivity contribution >= 4 is 34.4 Å². The van der Waals surface area contributed by atoms with E-state index in [2.05, 4.69) is 10.3 Å². The minimum atomic E-state index is -0.886. The van der Waals surface area contributed by atoms with Crippen LogP contribution in [0.5, 0.6) is 0 Å². The third-order valence-electron chi connectivity index (χ3n) is 5.93. The van der Waals surface area contributed by atoms with E-state index in [1.54, 1.807) is 13.0 Å². The molecule has 3 amide bonds. The van der Waals surface area contributed by atoms with E-state index in [9.17, 15) is 14.4 Å². The van der Waals surface area contributed by atoms with Crippen molar-refractivity contribution < 1.29 is 19.1 Å². The Bertz CT molecular complexity index is 947. The predicted octanol–water partition coefficient (Wildman–Crippen LogP) is 1.72. The van der Waals surface area contributed by atoms with Crippen molar-refractivity contribution in [1.82, 2.24) is 9.88 Å². The number of fused-ring (bicyclic) bond motifs is 6. The molecule has 0 unspecified atom stereocenters. The first-order valence-electron chi connectivity index (χ1n) is 9.23. The number of imide groups is 1. The van der Waals surface area contributed by atoms with Gasteiger partial charge in [-0.1, -0.05) is 18.2 Å². The summed E-state index contributed by atoms with van der Waals surface area (Å²) in [6, 6.07) is 10.3. The van der Waals surface area contributed by atoms with Gasteiger partial charge in [0.15, 0.2) is 0 Å². The normalized spacial score (nSPS) is 30.0. The SMILES string of the molecule is C[C@H](C(=O)Nc1ccc2ccccc2n1)N1C(=O)[C@@H]2[C@@H](C1=O)[C@H]1CC[C@H]2O1. The third kappa shape index (κ3) is 2.38. The fourth-order valence-electron chi connectivity index (χ4n) is 4.60. The molecule has 3 aliphatic heterocycles. The molecule has 1 aromatic carbocycles. The third-order valence-corrected chi connectivity index (χ3v) is 5.93. The van der Waals surface area contributed by atoms with Crippen LogP contribution in [0.2, 0.25) is 0 Å². The summed E-state index contributed by atoms with van der Waals surface area (Å²) in [6.07, 6.45) is 1.25. The second-order valence-corrected chi connectivity index (χ2v) is 7.44. The van der Waals surface area contributed by atoms with Gasteiger partial charge < -0.3 is 10.1 Å². The van der Waals surface area contributed by atoms with E-state index in [4.69, 9.17) is 4.74 Å². The van der Waals surface area contributed by atoms with Crippen molar-refractivity contribution in [3.8, 4) is 0 Å². The first-order valence-corrected chi connectivity index (χ1v) is 9.23. The summed E-state index contributed by atoms with van der Waals surface area (Å²) in [5.41, 5.74) is 0.763. The number of hydrogen-bond acceptors (Lipinski definition) is 5. The summed E-state index contributed by atoms with van der Waals surface area (Å²) in [6.45, 7) is 1.58. The van der Waals surface area contributed by atoms with Gasteiger partial charge in [0.2, 0.25) is 17.7 Å². The monoisotopic (exact) mass is 365 g/mol. The van der Waals surface area contributed by atoms with E-state index in [-0.39, 0.29) is 24.0 Å². The van der Waals surface area contributed by atoms with Crippen LogP contribution in [0, 0.1) is 11.8 Å². The highest BCUT2D eigenvalue weighted by atomic mass is 16.5. The molecule has 7 heteroatoms. The predicted molar refractivity (Wildman–Crippen MR) is 96.6 cm³/mol. The molecule has 0 aliphatic carbocycles. The van der Waals surface area contributed by atoms with Gasteiger partial charge >= 0.3 is 0 Å². The smallest absolute Gasteiger partial charge is 0.248 e. The fourth-order valence-corrected chi connectivity index (χ4v) is 4.60. The molecule has 2 bridgehead atoms. The lowest BCUT2D eigenvalue weighted by Gasteiger charge is -2.23. The molecular weight excluding hydrogens is 346 g/mol. The lowest BCUT2D eigenvalue weighted by atomic mass is 9.81. The van der Waals surface area contributed by atoms with E-state index in [0.717, 1.165) is 28.6 Å². The molecule has 5 rings (SSSR count). The minimum absolute atomic E-state index is 0.182. The Hall–Kier alpha value is -2.80. The molecule has 2 aromatic rings. The van der Waals surface area contributed by atoms with E-state index in [0.29, 0.717) is 5.82 Å². The van der Waals surface area contributed by atoms with Crippen LogP contribution >= 0.6 is 0 Å². The van der Waals surface area contributed by atoms with Crippen molar-refractivity contribution in [3.63, 3.8) is 0 Å². The van der Waals surface area contributed by atoms with E-state index in [1.807, 2.05) is 30.3 Å². The molecule has 0 saturated carbocycles. The zero-order valence-electron chi connectivity index (χ0n) is 14.8. The Morgan fingerprint density at radius 3 is 2.48 bits per heavy atom. The van der Waals surface area contributed by atoms with Crippen LogP contribution in [-0.2, 0) is 19.1 Å². The number of pyridine rings is 1. The standard InChI is InChI=1S/C20H19N3O4/c1-10(18(24)22-15-9-6-11-4-2-3-5-12(11)21-15)23-19(25)16-13-7-8-14(27-13)17(16)20(23)26/h2-6,9-10,13-14,16-17H,7-8H2,1H3,(H,21,22,24)/t10-,13-,14-,16+,17+/m1/s1. The zero-order chi connectivity index (χ0) is 18.7. The number of aromatic nitrogens is 1. The molecule has 0 radical (unpaired) electrons. The Labute approximate surface area is 155 Å². The Balaban J connectivity index is 1.35. The largest absolute Gasteiger partial charge is 0.373 e. The molecule has 4 heterocycles. The van der Waals surface area contributed by atoms with E-state index < -0.39 is 23.8 Å². The van der Waals surface area contributed by atoms with Gasteiger partial charge in [0, 0.05) is 5.39 Å². The van der Waals surface area contributed by atoms with E-state index in [1.165, 1.54) is 0 Å². The number of benzene rings is 1. The van der Waals surface area contributed by atoms with Gasteiger partial charge in [-0.3, -0.25) is 19.3 Å². The van der Waals surface area contributed by atoms with Gasteiger partial charge in [0.05, 0.1) is 29.6 Å². The number of carbonyl (C=O) groups excluding carboxylic acids is 3. The highest BCUT2D eigenvalue weighted by Crippen LogP contribution is 2.48. The van der Waals surface area contributed by atoms with Gasteiger partial charge in [0.25, 0.3) is 0 Å². The number of rotatable bonds is 3. The summed E-state index contributed by atoms with van der Waals surface area (Å²) < 4.78 is 5.73. The molecule has 7 nitrogen and oxygen atoms in total. The van der Waals surface area contributed by atoms with Gasteiger partial charge in [-0.05, 0) is 38.0 Å². The molecule has 3 aliphatic rings. The number of likely N-dealkylation sites (tertiary alicyclic amines) is 1. The van der Waals surface area contributed by atoms with Crippen molar-refractivity contribution in [2.75, 3.05) is 5.32 Å². The van der Waals surface area contributed by atoms with Crippen LogP contribution in [0.3, 0.4) is 0 Å². The highest BCUT2D eigenvalue weighted by molar-refractivity contribution is 6.10. The van der Waals surface area contributed by atoms with Crippen LogP contribution in [0.4, 0.5) is 5.82 Å². The fraction of sp³-hybridized carbons (Fsp3) is 0.400. The maximum Gasteiger partial charge on any atom is 0.248 e. The van der Waals surface area contributed by atoms with Crippen molar-refractivity contribution in [2.45, 2.75) is 38.0 Å². The molecule has 27 heavy (non-hydrogen) atoms. The second kappa shape index (κ2) is 5.85. The Morgan fingerprint density at radius 2 is 1.78 bits per heavy atom. The second-order valence-electron chi connectivity index (χ2n) is 7.44. The van der Waals surface area contributed by atoms with Crippen LogP contribution in [0.15, 0.2) is 36.4 Å². The number of hydrogen-bond donors (Lipinski definition) is 1. The van der Waals surface area contributed by atoms with Gasteiger partial charge in [0.1, 0.15) is 11.9 Å². The summed E-state index contributed by atoms with van der Waals surface area (Å²) >= 11 is 0. The Kier molecular flexibility index (Phi) is 3.55. The topological polar surface area (TPSA) is 88.6 Å². The molecule has 1 N–H and O–H groups in total. The molecule has 3 fully saturated rings. The molecule has 3 saturated heterocycles. The number of nitrogens with one attached hydrogen (secondary N) is 1.